The minimum absolute atomic E-state index is 0.0126. The summed E-state index contributed by atoms with van der Waals surface area (Å²) >= 11 is 1.94. The second-order valence-corrected chi connectivity index (χ2v) is 14.1. The van der Waals surface area contributed by atoms with Crippen LogP contribution in [0.15, 0.2) is 105 Å². The summed E-state index contributed by atoms with van der Waals surface area (Å²) in [5.74, 6) is -1.60. The van der Waals surface area contributed by atoms with Crippen LogP contribution in [0, 0.1) is 6.92 Å². The molecule has 3 aromatic rings. The first-order chi connectivity index (χ1) is 21.1. The predicted molar refractivity (Wildman–Crippen MR) is 169 cm³/mol. The van der Waals surface area contributed by atoms with E-state index in [1.807, 2.05) is 67.6 Å². The van der Waals surface area contributed by atoms with Gasteiger partial charge in [0.05, 0.1) is 17.0 Å². The largest absolute Gasteiger partial charge is 0.461 e. The molecular weight excluding hydrogens is 623 g/mol. The molecule has 0 spiro atoms. The molecule has 228 valence electrons. The highest BCUT2D eigenvalue weighted by Crippen LogP contribution is 2.41. The van der Waals surface area contributed by atoms with Gasteiger partial charge in [-0.05, 0) is 30.2 Å². The Bertz CT molecular complexity index is 1690. The summed E-state index contributed by atoms with van der Waals surface area (Å²) in [5.41, 5.74) is 2.91. The molecular formula is C31H29N3O7S3. The molecule has 0 radical (unpaired) electrons. The SMILES string of the molecule is CC(=O)OCC1=C(C(=O)OC(c2ccccc2)c2ccccc2)N2C(=O)/C(=N/SN(C)S(=O)(=O)c3ccc(C)cc3)[C@H]2SC1. The van der Waals surface area contributed by atoms with Crippen molar-refractivity contribution in [2.75, 3.05) is 19.4 Å². The molecule has 0 aliphatic carbocycles. The average Bonchev–Trinajstić information content (AvgIpc) is 3.03. The molecule has 2 aliphatic rings. The molecule has 0 bridgehead atoms. The third kappa shape index (κ3) is 6.60. The number of hydrogen-bond donors (Lipinski definition) is 0. The number of ether oxygens (including phenoxy) is 2. The lowest BCUT2D eigenvalue weighted by molar-refractivity contribution is -0.148. The number of fused-ring (bicyclic) bond motifs is 1. The van der Waals surface area contributed by atoms with Gasteiger partial charge in [-0.15, -0.1) is 15.5 Å². The van der Waals surface area contributed by atoms with Crippen molar-refractivity contribution >= 4 is 57.5 Å². The summed E-state index contributed by atoms with van der Waals surface area (Å²) in [6.45, 7) is 2.93. The Morgan fingerprint density at radius 1 is 1.02 bits per heavy atom. The Hall–Kier alpha value is -3.91. The molecule has 3 aromatic carbocycles. The molecule has 1 fully saturated rings. The molecule has 5 rings (SSSR count). The Morgan fingerprint density at radius 3 is 2.18 bits per heavy atom. The molecule has 44 heavy (non-hydrogen) atoms. The van der Waals surface area contributed by atoms with Crippen LogP contribution >= 0.6 is 23.9 Å². The van der Waals surface area contributed by atoms with Crippen molar-refractivity contribution in [1.29, 1.82) is 0 Å². The van der Waals surface area contributed by atoms with Crippen molar-refractivity contribution in [2.24, 2.45) is 4.40 Å². The van der Waals surface area contributed by atoms with E-state index in [4.69, 9.17) is 9.47 Å². The second kappa shape index (κ2) is 13.4. The molecule has 0 aromatic heterocycles. The van der Waals surface area contributed by atoms with Crippen LogP contribution in [0.1, 0.15) is 29.7 Å². The van der Waals surface area contributed by atoms with Gasteiger partial charge in [0.2, 0.25) is 0 Å². The van der Waals surface area contributed by atoms with Crippen molar-refractivity contribution in [2.45, 2.75) is 30.2 Å². The molecule has 0 unspecified atom stereocenters. The molecule has 0 N–H and O–H groups in total. The fraction of sp³-hybridized carbons (Fsp3) is 0.226. The topological polar surface area (TPSA) is 123 Å². The fourth-order valence-electron chi connectivity index (χ4n) is 4.56. The summed E-state index contributed by atoms with van der Waals surface area (Å²) < 4.78 is 42.5. The van der Waals surface area contributed by atoms with Crippen LogP contribution in [0.5, 0.6) is 0 Å². The third-order valence-corrected chi connectivity index (χ3v) is 11.0. The number of β-lactam (4-membered cyclic amide) rings is 1. The van der Waals surface area contributed by atoms with E-state index in [0.717, 1.165) is 20.4 Å². The first kappa shape index (κ1) is 31.5. The van der Waals surface area contributed by atoms with Crippen LogP contribution in [0.25, 0.3) is 0 Å². The van der Waals surface area contributed by atoms with Crippen molar-refractivity contribution in [3.63, 3.8) is 0 Å². The molecule has 1 amide bonds. The van der Waals surface area contributed by atoms with Crippen LogP contribution in [-0.4, -0.2) is 65.4 Å². The third-order valence-electron chi connectivity index (χ3n) is 6.88. The Kier molecular flexibility index (Phi) is 9.59. The average molecular weight is 652 g/mol. The number of amides is 1. The van der Waals surface area contributed by atoms with E-state index in [1.54, 1.807) is 12.1 Å². The van der Waals surface area contributed by atoms with Gasteiger partial charge in [0.1, 0.15) is 23.4 Å². The number of benzene rings is 3. The first-order valence-electron chi connectivity index (χ1n) is 13.5. The highest BCUT2D eigenvalue weighted by atomic mass is 32.3. The number of rotatable bonds is 10. The van der Waals surface area contributed by atoms with Crippen LogP contribution < -0.4 is 0 Å². The number of thioether (sulfide) groups is 1. The molecule has 2 heterocycles. The van der Waals surface area contributed by atoms with E-state index in [1.165, 1.54) is 42.8 Å². The van der Waals surface area contributed by atoms with Gasteiger partial charge in [0.15, 0.2) is 6.10 Å². The second-order valence-electron chi connectivity index (χ2n) is 9.96. The molecule has 1 atom stereocenters. The molecule has 1 saturated heterocycles. The van der Waals surface area contributed by atoms with Crippen LogP contribution in [0.4, 0.5) is 0 Å². The maximum atomic E-state index is 13.9. The zero-order valence-corrected chi connectivity index (χ0v) is 26.5. The summed E-state index contributed by atoms with van der Waals surface area (Å²) in [4.78, 5) is 40.3. The van der Waals surface area contributed by atoms with Gasteiger partial charge >= 0.3 is 11.9 Å². The quantitative estimate of drug-likeness (QED) is 0.175. The minimum Gasteiger partial charge on any atom is -0.461 e. The van der Waals surface area contributed by atoms with E-state index in [-0.39, 0.29) is 28.7 Å². The van der Waals surface area contributed by atoms with Gasteiger partial charge < -0.3 is 9.47 Å². The number of nitrogens with zero attached hydrogens (tertiary/aromatic N) is 3. The van der Waals surface area contributed by atoms with Crippen molar-refractivity contribution < 1.29 is 32.3 Å². The standard InChI is InChI=1S/C31H29N3O7S3/c1-20-14-16-25(17-15-20)44(38,39)33(3)43-32-26-29(36)34-27(24(18-40-21(2)35)19-42-30(26)34)31(37)41-28(22-10-6-4-7-11-22)23-12-8-5-9-13-23/h4-17,28,30H,18-19H2,1-3H3/b32-26-/t30-/m1/s1. The lowest BCUT2D eigenvalue weighted by Crippen LogP contribution is -2.62. The number of sulfonamides is 1. The lowest BCUT2D eigenvalue weighted by atomic mass is 10.0. The van der Waals surface area contributed by atoms with Crippen molar-refractivity contribution in [3.05, 3.63) is 113 Å². The first-order valence-corrected chi connectivity index (χ1v) is 16.7. The number of hydrogen-bond acceptors (Lipinski definition) is 10. The molecule has 2 aliphatic heterocycles. The maximum absolute atomic E-state index is 13.9. The summed E-state index contributed by atoms with van der Waals surface area (Å²) in [5, 5.41) is -0.652. The highest BCUT2D eigenvalue weighted by molar-refractivity contribution is 8.08. The summed E-state index contributed by atoms with van der Waals surface area (Å²) in [7, 11) is -2.52. The van der Waals surface area contributed by atoms with Gasteiger partial charge in [-0.25, -0.2) is 13.2 Å². The van der Waals surface area contributed by atoms with Crippen molar-refractivity contribution in [3.8, 4) is 0 Å². The van der Waals surface area contributed by atoms with Crippen LogP contribution in [0.2, 0.25) is 0 Å². The monoisotopic (exact) mass is 651 g/mol. The van der Waals surface area contributed by atoms with E-state index >= 15 is 0 Å². The summed E-state index contributed by atoms with van der Waals surface area (Å²) in [6.07, 6.45) is -0.763. The van der Waals surface area contributed by atoms with Gasteiger partial charge in [-0.3, -0.25) is 14.5 Å². The zero-order chi connectivity index (χ0) is 31.4. The van der Waals surface area contributed by atoms with Gasteiger partial charge in [-0.2, -0.15) is 4.40 Å². The summed E-state index contributed by atoms with van der Waals surface area (Å²) in [6, 6.07) is 24.9. The van der Waals surface area contributed by atoms with Gasteiger partial charge in [-0.1, -0.05) is 78.4 Å². The Labute approximate surface area is 264 Å². The Morgan fingerprint density at radius 2 is 1.61 bits per heavy atom. The van der Waals surface area contributed by atoms with E-state index < -0.39 is 39.3 Å². The zero-order valence-electron chi connectivity index (χ0n) is 24.1. The number of aryl methyl sites for hydroxylation is 1. The minimum atomic E-state index is -3.87. The highest BCUT2D eigenvalue weighted by Gasteiger charge is 2.52. The number of esters is 2. The fourth-order valence-corrected chi connectivity index (χ4v) is 7.73. The predicted octanol–water partition coefficient (Wildman–Crippen LogP) is 4.68. The Balaban J connectivity index is 1.41. The maximum Gasteiger partial charge on any atom is 0.356 e. The molecule has 10 nitrogen and oxygen atoms in total. The number of carbonyl (C=O) groups is 3. The lowest BCUT2D eigenvalue weighted by Gasteiger charge is -2.45. The molecule has 13 heteroatoms. The van der Waals surface area contributed by atoms with Crippen LogP contribution in [0.3, 0.4) is 0 Å². The van der Waals surface area contributed by atoms with E-state index in [0.29, 0.717) is 17.7 Å². The van der Waals surface area contributed by atoms with Gasteiger partial charge in [0.25, 0.3) is 15.9 Å². The normalized spacial score (nSPS) is 17.5. The van der Waals surface area contributed by atoms with Crippen molar-refractivity contribution in [1.82, 2.24) is 8.61 Å². The number of carbonyl (C=O) groups excluding carboxylic acids is 3. The van der Waals surface area contributed by atoms with Gasteiger partial charge in [0, 0.05) is 25.3 Å². The molecule has 0 saturated carbocycles. The van der Waals surface area contributed by atoms with Crippen LogP contribution in [-0.2, 0) is 33.9 Å². The van der Waals surface area contributed by atoms with E-state index in [9.17, 15) is 22.8 Å². The smallest absolute Gasteiger partial charge is 0.356 e. The van der Waals surface area contributed by atoms with E-state index in [2.05, 4.69) is 4.40 Å².